The molecule has 7 nitrogen and oxygen atoms in total. The molecular formula is C15H14BrN5O2S. The molecule has 0 saturated carbocycles. The number of nitrogens with one attached hydrogen (secondary N) is 1. The third kappa shape index (κ3) is 3.86. The molecular weight excluding hydrogens is 394 g/mol. The second-order valence-electron chi connectivity index (χ2n) is 4.91. The third-order valence-corrected chi connectivity index (χ3v) is 4.16. The van der Waals surface area contributed by atoms with E-state index in [9.17, 15) is 4.79 Å². The number of anilines is 1. The lowest BCUT2D eigenvalue weighted by molar-refractivity contribution is 0.102. The molecule has 0 fully saturated rings. The van der Waals surface area contributed by atoms with Gasteiger partial charge in [-0.1, -0.05) is 0 Å². The lowest BCUT2D eigenvalue weighted by Gasteiger charge is -2.07. The molecule has 0 aliphatic rings. The molecule has 9 heteroatoms. The van der Waals surface area contributed by atoms with Crippen molar-refractivity contribution >= 4 is 38.9 Å². The molecule has 0 aliphatic carbocycles. The molecule has 0 saturated heterocycles. The van der Waals surface area contributed by atoms with Gasteiger partial charge in [0.05, 0.1) is 5.51 Å². The fraction of sp³-hybridized carbons (Fsp3) is 0.200. The smallest absolute Gasteiger partial charge is 0.275 e. The average molecular weight is 408 g/mol. The predicted octanol–water partition coefficient (Wildman–Crippen LogP) is 2.80. The first-order valence-electron chi connectivity index (χ1n) is 7.18. The topological polar surface area (TPSA) is 92.9 Å². The summed E-state index contributed by atoms with van der Waals surface area (Å²) in [5.74, 6) is 0.463. The highest BCUT2D eigenvalue weighted by molar-refractivity contribution is 9.10. The van der Waals surface area contributed by atoms with E-state index >= 15 is 0 Å². The Labute approximate surface area is 150 Å². The van der Waals surface area contributed by atoms with Crippen LogP contribution in [0.2, 0.25) is 0 Å². The van der Waals surface area contributed by atoms with Crippen molar-refractivity contribution in [3.63, 3.8) is 0 Å². The Hall–Kier alpha value is -2.10. The number of rotatable bonds is 6. The fourth-order valence-electron chi connectivity index (χ4n) is 2.13. The molecule has 1 aromatic carbocycles. The minimum Gasteiger partial charge on any atom is -0.396 e. The number of halogens is 1. The van der Waals surface area contributed by atoms with Crippen LogP contribution in [-0.4, -0.2) is 37.4 Å². The zero-order chi connectivity index (χ0) is 16.9. The van der Waals surface area contributed by atoms with Gasteiger partial charge in [0.25, 0.3) is 5.91 Å². The lowest BCUT2D eigenvalue weighted by Crippen LogP contribution is -2.12. The van der Waals surface area contributed by atoms with Gasteiger partial charge in [-0.3, -0.25) is 4.79 Å². The summed E-state index contributed by atoms with van der Waals surface area (Å²) in [5.41, 5.74) is 3.57. The fourth-order valence-corrected chi connectivity index (χ4v) is 3.02. The number of aromatic nitrogens is 4. The van der Waals surface area contributed by atoms with Crippen molar-refractivity contribution < 1.29 is 9.90 Å². The van der Waals surface area contributed by atoms with Gasteiger partial charge in [-0.15, -0.1) is 16.4 Å². The maximum atomic E-state index is 12.0. The number of carbonyl (C=O) groups excluding carboxylic acids is 1. The molecule has 0 bridgehead atoms. The van der Waals surface area contributed by atoms with E-state index in [0.29, 0.717) is 34.9 Å². The highest BCUT2D eigenvalue weighted by Gasteiger charge is 2.12. The van der Waals surface area contributed by atoms with Crippen LogP contribution in [-0.2, 0) is 6.54 Å². The van der Waals surface area contributed by atoms with Crippen molar-refractivity contribution in [2.24, 2.45) is 0 Å². The summed E-state index contributed by atoms with van der Waals surface area (Å²) in [5, 5.41) is 17.7. The van der Waals surface area contributed by atoms with Crippen LogP contribution in [0, 0.1) is 0 Å². The van der Waals surface area contributed by atoms with Crippen LogP contribution in [0.25, 0.3) is 11.4 Å². The van der Waals surface area contributed by atoms with Gasteiger partial charge in [-0.25, -0.2) is 14.6 Å². The number of nitrogens with zero attached hydrogens (tertiary/aromatic N) is 4. The lowest BCUT2D eigenvalue weighted by atomic mass is 10.2. The minimum absolute atomic E-state index is 0.0957. The van der Waals surface area contributed by atoms with Crippen LogP contribution in [0.4, 0.5) is 5.69 Å². The normalized spacial score (nSPS) is 10.8. The Morgan fingerprint density at radius 3 is 2.79 bits per heavy atom. The maximum absolute atomic E-state index is 12.0. The van der Waals surface area contributed by atoms with Gasteiger partial charge < -0.3 is 10.4 Å². The highest BCUT2D eigenvalue weighted by Crippen LogP contribution is 2.22. The standard InChI is InChI=1S/C15H14BrN5O2S/c16-15-19-13(21(20-15)6-1-7-22)10-2-4-11(5-3-10)18-14(23)12-8-24-9-17-12/h2-5,8-9,22H,1,6-7H2,(H,18,23). The summed E-state index contributed by atoms with van der Waals surface area (Å²) < 4.78 is 2.24. The molecule has 0 aliphatic heterocycles. The van der Waals surface area contributed by atoms with Gasteiger partial charge in [0, 0.05) is 29.8 Å². The molecule has 2 aromatic heterocycles. The van der Waals surface area contributed by atoms with Crippen LogP contribution in [0.5, 0.6) is 0 Å². The molecule has 0 unspecified atom stereocenters. The Bertz CT molecular complexity index is 817. The van der Waals surface area contributed by atoms with Crippen molar-refractivity contribution in [2.45, 2.75) is 13.0 Å². The number of benzene rings is 1. The molecule has 2 heterocycles. The van der Waals surface area contributed by atoms with Gasteiger partial charge in [-0.2, -0.15) is 0 Å². The number of aliphatic hydroxyl groups is 1. The summed E-state index contributed by atoms with van der Waals surface area (Å²) in [6, 6.07) is 7.34. The Kier molecular flexibility index (Phi) is 5.34. The summed E-state index contributed by atoms with van der Waals surface area (Å²) in [7, 11) is 0. The Morgan fingerprint density at radius 1 is 1.33 bits per heavy atom. The second-order valence-corrected chi connectivity index (χ2v) is 6.34. The van der Waals surface area contributed by atoms with Crippen molar-refractivity contribution in [3.05, 3.63) is 45.6 Å². The predicted molar refractivity (Wildman–Crippen MR) is 94.9 cm³/mol. The molecule has 3 aromatic rings. The molecule has 3 rings (SSSR count). The van der Waals surface area contributed by atoms with Crippen LogP contribution in [0.1, 0.15) is 16.9 Å². The van der Waals surface area contributed by atoms with E-state index in [0.717, 1.165) is 5.56 Å². The third-order valence-electron chi connectivity index (χ3n) is 3.24. The first-order valence-corrected chi connectivity index (χ1v) is 8.92. The maximum Gasteiger partial charge on any atom is 0.275 e. The van der Waals surface area contributed by atoms with E-state index < -0.39 is 0 Å². The Morgan fingerprint density at radius 2 is 2.12 bits per heavy atom. The molecule has 0 radical (unpaired) electrons. The van der Waals surface area contributed by atoms with E-state index in [-0.39, 0.29) is 12.5 Å². The number of thiazole rings is 1. The minimum atomic E-state index is -0.238. The average Bonchev–Trinajstić information content (AvgIpc) is 3.23. The second kappa shape index (κ2) is 7.65. The van der Waals surface area contributed by atoms with Crippen LogP contribution in [0.15, 0.2) is 39.9 Å². The van der Waals surface area contributed by atoms with Gasteiger partial charge in [-0.05, 0) is 46.6 Å². The number of amides is 1. The number of carbonyl (C=O) groups is 1. The zero-order valence-corrected chi connectivity index (χ0v) is 14.9. The number of aryl methyl sites for hydroxylation is 1. The quantitative estimate of drug-likeness (QED) is 0.655. The molecule has 124 valence electrons. The van der Waals surface area contributed by atoms with E-state index in [2.05, 4.69) is 36.3 Å². The SMILES string of the molecule is O=C(Nc1ccc(-c2nc(Br)nn2CCCO)cc1)c1cscn1. The summed E-state index contributed by atoms with van der Waals surface area (Å²) in [4.78, 5) is 20.3. The largest absolute Gasteiger partial charge is 0.396 e. The van der Waals surface area contributed by atoms with E-state index in [1.54, 1.807) is 27.7 Å². The molecule has 0 atom stereocenters. The van der Waals surface area contributed by atoms with Crippen LogP contribution >= 0.6 is 27.3 Å². The van der Waals surface area contributed by atoms with Crippen LogP contribution < -0.4 is 5.32 Å². The summed E-state index contributed by atoms with van der Waals surface area (Å²) >= 11 is 4.65. The van der Waals surface area contributed by atoms with Crippen LogP contribution in [0.3, 0.4) is 0 Å². The van der Waals surface area contributed by atoms with Crippen molar-refractivity contribution in [1.29, 1.82) is 0 Å². The Balaban J connectivity index is 1.76. The molecule has 24 heavy (non-hydrogen) atoms. The first-order chi connectivity index (χ1) is 11.7. The monoisotopic (exact) mass is 407 g/mol. The van der Waals surface area contributed by atoms with E-state index in [1.807, 2.05) is 12.1 Å². The van der Waals surface area contributed by atoms with Gasteiger partial charge in [0.15, 0.2) is 5.82 Å². The van der Waals surface area contributed by atoms with Crippen molar-refractivity contribution in [2.75, 3.05) is 11.9 Å². The first kappa shape index (κ1) is 16.7. The van der Waals surface area contributed by atoms with Crippen molar-refractivity contribution in [3.8, 4) is 11.4 Å². The summed E-state index contributed by atoms with van der Waals surface area (Å²) in [6.45, 7) is 0.672. The number of hydrogen-bond acceptors (Lipinski definition) is 6. The number of aliphatic hydroxyl groups excluding tert-OH is 1. The van der Waals surface area contributed by atoms with Gasteiger partial charge >= 0.3 is 0 Å². The summed E-state index contributed by atoms with van der Waals surface area (Å²) in [6.07, 6.45) is 0.602. The molecule has 2 N–H and O–H groups in total. The van der Waals surface area contributed by atoms with E-state index in [1.165, 1.54) is 11.3 Å². The van der Waals surface area contributed by atoms with E-state index in [4.69, 9.17) is 5.11 Å². The zero-order valence-electron chi connectivity index (χ0n) is 12.5. The van der Waals surface area contributed by atoms with Gasteiger partial charge in [0.2, 0.25) is 4.73 Å². The molecule has 1 amide bonds. The molecule has 0 spiro atoms. The van der Waals surface area contributed by atoms with Gasteiger partial charge in [0.1, 0.15) is 5.69 Å². The van der Waals surface area contributed by atoms with Crippen molar-refractivity contribution in [1.82, 2.24) is 19.7 Å². The number of hydrogen-bond donors (Lipinski definition) is 2. The highest BCUT2D eigenvalue weighted by atomic mass is 79.9.